The zero-order chi connectivity index (χ0) is 10.1. The van der Waals surface area contributed by atoms with Crippen molar-refractivity contribution in [2.24, 2.45) is 11.8 Å². The Morgan fingerprint density at radius 3 is 2.71 bits per heavy atom. The molecule has 2 heterocycles. The maximum atomic E-state index is 11.8. The van der Waals surface area contributed by atoms with Crippen molar-refractivity contribution in [3.8, 4) is 0 Å². The van der Waals surface area contributed by atoms with Crippen LogP contribution in [0.15, 0.2) is 0 Å². The summed E-state index contributed by atoms with van der Waals surface area (Å²) in [6.45, 7) is 4.11. The summed E-state index contributed by atoms with van der Waals surface area (Å²) in [5, 5.41) is 3.17. The molecule has 14 heavy (non-hydrogen) atoms. The second-order valence-electron chi connectivity index (χ2n) is 4.03. The number of amides is 2. The van der Waals surface area contributed by atoms with Crippen LogP contribution in [-0.2, 0) is 9.59 Å². The van der Waals surface area contributed by atoms with Crippen LogP contribution in [0.3, 0.4) is 0 Å². The topological polar surface area (TPSA) is 49.4 Å². The molecule has 4 nitrogen and oxygen atoms in total. The summed E-state index contributed by atoms with van der Waals surface area (Å²) in [6, 6.07) is 0. The van der Waals surface area contributed by atoms with Gasteiger partial charge < -0.3 is 5.32 Å². The molecule has 0 bridgehead atoms. The first-order valence-corrected chi connectivity index (χ1v) is 5.31. The van der Waals surface area contributed by atoms with E-state index in [-0.39, 0.29) is 23.7 Å². The molecule has 1 N–H and O–H groups in total. The van der Waals surface area contributed by atoms with Crippen molar-refractivity contribution >= 4 is 11.8 Å². The molecule has 2 rings (SSSR count). The quantitative estimate of drug-likeness (QED) is 0.632. The van der Waals surface area contributed by atoms with Crippen LogP contribution in [0.2, 0.25) is 0 Å². The highest BCUT2D eigenvalue weighted by Crippen LogP contribution is 2.30. The highest BCUT2D eigenvalue weighted by molar-refractivity contribution is 6.05. The van der Waals surface area contributed by atoms with Crippen LogP contribution in [0.5, 0.6) is 0 Å². The van der Waals surface area contributed by atoms with E-state index < -0.39 is 0 Å². The van der Waals surface area contributed by atoms with Crippen molar-refractivity contribution in [1.82, 2.24) is 10.2 Å². The van der Waals surface area contributed by atoms with Crippen LogP contribution < -0.4 is 5.32 Å². The van der Waals surface area contributed by atoms with E-state index in [0.717, 1.165) is 19.4 Å². The van der Waals surface area contributed by atoms with Crippen LogP contribution in [0, 0.1) is 11.8 Å². The van der Waals surface area contributed by atoms with Crippen molar-refractivity contribution in [1.29, 1.82) is 0 Å². The molecule has 0 spiro atoms. The number of likely N-dealkylation sites (tertiary alicyclic amines) is 1. The van der Waals surface area contributed by atoms with Gasteiger partial charge in [-0.3, -0.25) is 14.5 Å². The molecule has 2 fully saturated rings. The number of nitrogens with zero attached hydrogens (tertiary/aromatic N) is 1. The molecule has 2 amide bonds. The van der Waals surface area contributed by atoms with E-state index in [0.29, 0.717) is 13.1 Å². The number of hydrogen-bond donors (Lipinski definition) is 1. The summed E-state index contributed by atoms with van der Waals surface area (Å²) in [6.07, 6.45) is 1.67. The molecule has 0 aromatic heterocycles. The number of rotatable bonds is 2. The first-order chi connectivity index (χ1) is 6.75. The Bertz CT molecular complexity index is 241. The molecule has 2 aliphatic rings. The normalized spacial score (nSPS) is 32.2. The van der Waals surface area contributed by atoms with Gasteiger partial charge in [0, 0.05) is 13.1 Å². The maximum Gasteiger partial charge on any atom is 0.234 e. The van der Waals surface area contributed by atoms with Gasteiger partial charge >= 0.3 is 0 Å². The third-order valence-electron chi connectivity index (χ3n) is 3.10. The van der Waals surface area contributed by atoms with E-state index in [4.69, 9.17) is 0 Å². The third-order valence-corrected chi connectivity index (χ3v) is 3.10. The first kappa shape index (κ1) is 9.65. The fraction of sp³-hybridized carbons (Fsp3) is 0.800. The predicted molar refractivity (Wildman–Crippen MR) is 51.5 cm³/mol. The minimum Gasteiger partial charge on any atom is -0.316 e. The molecule has 0 aromatic carbocycles. The second-order valence-corrected chi connectivity index (χ2v) is 4.03. The lowest BCUT2D eigenvalue weighted by molar-refractivity contribution is -0.139. The molecule has 78 valence electrons. The molecule has 0 aliphatic carbocycles. The number of carbonyl (C=O) groups is 2. The van der Waals surface area contributed by atoms with E-state index in [1.807, 2.05) is 6.92 Å². The Morgan fingerprint density at radius 1 is 1.36 bits per heavy atom. The lowest BCUT2D eigenvalue weighted by Crippen LogP contribution is -2.38. The van der Waals surface area contributed by atoms with E-state index in [1.165, 1.54) is 4.90 Å². The Labute approximate surface area is 83.6 Å². The highest BCUT2D eigenvalue weighted by atomic mass is 16.2. The maximum absolute atomic E-state index is 11.8. The van der Waals surface area contributed by atoms with Crippen LogP contribution in [-0.4, -0.2) is 36.3 Å². The van der Waals surface area contributed by atoms with Gasteiger partial charge in [0.15, 0.2) is 0 Å². The van der Waals surface area contributed by atoms with Gasteiger partial charge in [0.05, 0.1) is 11.8 Å². The van der Waals surface area contributed by atoms with Gasteiger partial charge in [-0.05, 0) is 19.4 Å². The molecule has 0 saturated carbocycles. The molecule has 2 saturated heterocycles. The SMILES string of the molecule is CCCN1C(=O)[C@H]2CCNC[C@H]2C1=O. The minimum atomic E-state index is -0.0807. The van der Waals surface area contributed by atoms with Crippen molar-refractivity contribution in [2.45, 2.75) is 19.8 Å². The number of fused-ring (bicyclic) bond motifs is 1. The predicted octanol–water partition coefficient (Wildman–Crippen LogP) is -0.00910. The fourth-order valence-electron chi connectivity index (χ4n) is 2.37. The summed E-state index contributed by atoms with van der Waals surface area (Å²) >= 11 is 0. The zero-order valence-corrected chi connectivity index (χ0v) is 8.45. The average Bonchev–Trinajstić information content (AvgIpc) is 2.45. The molecule has 0 unspecified atom stereocenters. The molecular formula is C10H16N2O2. The lowest BCUT2D eigenvalue weighted by atomic mass is 9.89. The lowest BCUT2D eigenvalue weighted by Gasteiger charge is -2.21. The summed E-state index contributed by atoms with van der Waals surface area (Å²) in [4.78, 5) is 25.1. The number of piperidine rings is 1. The van der Waals surface area contributed by atoms with E-state index in [2.05, 4.69) is 5.32 Å². The highest BCUT2D eigenvalue weighted by Gasteiger charge is 2.47. The van der Waals surface area contributed by atoms with Crippen molar-refractivity contribution in [3.05, 3.63) is 0 Å². The Kier molecular flexibility index (Phi) is 2.54. The smallest absolute Gasteiger partial charge is 0.234 e. The van der Waals surface area contributed by atoms with Gasteiger partial charge in [-0.2, -0.15) is 0 Å². The average molecular weight is 196 g/mol. The van der Waals surface area contributed by atoms with E-state index >= 15 is 0 Å². The van der Waals surface area contributed by atoms with Crippen molar-refractivity contribution in [3.63, 3.8) is 0 Å². The van der Waals surface area contributed by atoms with Crippen LogP contribution >= 0.6 is 0 Å². The van der Waals surface area contributed by atoms with E-state index in [1.54, 1.807) is 0 Å². The molecule has 2 atom stereocenters. The third kappa shape index (κ3) is 1.34. The number of imide groups is 1. The van der Waals surface area contributed by atoms with Gasteiger partial charge in [-0.25, -0.2) is 0 Å². The monoisotopic (exact) mass is 196 g/mol. The minimum absolute atomic E-state index is 0.0321. The molecule has 0 radical (unpaired) electrons. The van der Waals surface area contributed by atoms with Crippen LogP contribution in [0.25, 0.3) is 0 Å². The molecular weight excluding hydrogens is 180 g/mol. The van der Waals surface area contributed by atoms with Gasteiger partial charge in [0.25, 0.3) is 0 Å². The Morgan fingerprint density at radius 2 is 2.07 bits per heavy atom. The standard InChI is InChI=1S/C10H16N2O2/c1-2-5-12-9(13)7-3-4-11-6-8(7)10(12)14/h7-8,11H,2-6H2,1H3/t7-,8+/m0/s1. The number of hydrogen-bond acceptors (Lipinski definition) is 3. The van der Waals surface area contributed by atoms with Crippen molar-refractivity contribution in [2.75, 3.05) is 19.6 Å². The summed E-state index contributed by atoms with van der Waals surface area (Å²) in [5.41, 5.74) is 0. The van der Waals surface area contributed by atoms with Crippen LogP contribution in [0.4, 0.5) is 0 Å². The molecule has 4 heteroatoms. The zero-order valence-electron chi connectivity index (χ0n) is 8.45. The number of carbonyl (C=O) groups excluding carboxylic acids is 2. The van der Waals surface area contributed by atoms with Gasteiger partial charge in [-0.1, -0.05) is 6.92 Å². The second kappa shape index (κ2) is 3.69. The first-order valence-electron chi connectivity index (χ1n) is 5.31. The molecule has 0 aromatic rings. The van der Waals surface area contributed by atoms with E-state index in [9.17, 15) is 9.59 Å². The Hall–Kier alpha value is -0.900. The molecule has 2 aliphatic heterocycles. The Balaban J connectivity index is 2.15. The van der Waals surface area contributed by atoms with Crippen LogP contribution in [0.1, 0.15) is 19.8 Å². The summed E-state index contributed by atoms with van der Waals surface area (Å²) in [7, 11) is 0. The fourth-order valence-corrected chi connectivity index (χ4v) is 2.37. The van der Waals surface area contributed by atoms with Gasteiger partial charge in [0.1, 0.15) is 0 Å². The van der Waals surface area contributed by atoms with Crippen molar-refractivity contribution < 1.29 is 9.59 Å². The summed E-state index contributed by atoms with van der Waals surface area (Å²) < 4.78 is 0. The number of nitrogens with one attached hydrogen (secondary N) is 1. The van der Waals surface area contributed by atoms with Gasteiger partial charge in [0.2, 0.25) is 11.8 Å². The van der Waals surface area contributed by atoms with Gasteiger partial charge in [-0.15, -0.1) is 0 Å². The summed E-state index contributed by atoms with van der Waals surface area (Å²) in [5.74, 6) is -0.0181. The largest absolute Gasteiger partial charge is 0.316 e.